The standard InChI is InChI=1S/C10H16O3/c1-11-5-7-8(6-12-2)10-4-3-9(7)13-10/h3-4,7-10H,5-6H2,1-2H3/t7-,8+,9+,10-. The molecule has 3 nitrogen and oxygen atoms in total. The van der Waals surface area contributed by atoms with E-state index in [9.17, 15) is 0 Å². The SMILES string of the molecule is COC[C@@H]1[C@H](COC)[C@H]2C=C[C@@H]1O2. The van der Waals surface area contributed by atoms with Crippen molar-refractivity contribution in [2.45, 2.75) is 12.2 Å². The summed E-state index contributed by atoms with van der Waals surface area (Å²) in [5.74, 6) is 0.944. The van der Waals surface area contributed by atoms with Crippen LogP contribution >= 0.6 is 0 Å². The van der Waals surface area contributed by atoms with Gasteiger partial charge in [-0.05, 0) is 0 Å². The molecule has 1 saturated heterocycles. The Hall–Kier alpha value is -0.380. The van der Waals surface area contributed by atoms with Crippen LogP contribution in [0.5, 0.6) is 0 Å². The highest BCUT2D eigenvalue weighted by Crippen LogP contribution is 2.39. The molecule has 0 saturated carbocycles. The molecule has 0 aromatic heterocycles. The van der Waals surface area contributed by atoms with Gasteiger partial charge in [0.15, 0.2) is 0 Å². The Bertz CT molecular complexity index is 182. The molecule has 0 radical (unpaired) electrons. The number of ether oxygens (including phenoxy) is 3. The molecule has 2 aliphatic rings. The van der Waals surface area contributed by atoms with Gasteiger partial charge >= 0.3 is 0 Å². The van der Waals surface area contributed by atoms with Gasteiger partial charge in [-0.2, -0.15) is 0 Å². The summed E-state index contributed by atoms with van der Waals surface area (Å²) in [4.78, 5) is 0. The predicted octanol–water partition coefficient (Wildman–Crippen LogP) is 0.849. The van der Waals surface area contributed by atoms with Crippen LogP contribution in [0, 0.1) is 11.8 Å². The van der Waals surface area contributed by atoms with Gasteiger partial charge in [0.05, 0.1) is 25.4 Å². The zero-order valence-corrected chi connectivity index (χ0v) is 8.10. The lowest BCUT2D eigenvalue weighted by molar-refractivity contribution is 0.0799. The summed E-state index contributed by atoms with van der Waals surface area (Å²) in [6.45, 7) is 1.53. The number of methoxy groups -OCH3 is 2. The third-order valence-corrected chi connectivity index (χ3v) is 2.92. The van der Waals surface area contributed by atoms with E-state index in [0.717, 1.165) is 13.2 Å². The molecule has 0 N–H and O–H groups in total. The number of hydrogen-bond acceptors (Lipinski definition) is 3. The fraction of sp³-hybridized carbons (Fsp3) is 0.800. The van der Waals surface area contributed by atoms with Crippen LogP contribution in [-0.4, -0.2) is 39.6 Å². The van der Waals surface area contributed by atoms with Crippen LogP contribution in [-0.2, 0) is 14.2 Å². The van der Waals surface area contributed by atoms with Crippen molar-refractivity contribution in [1.29, 1.82) is 0 Å². The molecular weight excluding hydrogens is 168 g/mol. The van der Waals surface area contributed by atoms with Crippen molar-refractivity contribution in [3.63, 3.8) is 0 Å². The largest absolute Gasteiger partial charge is 0.384 e. The summed E-state index contributed by atoms with van der Waals surface area (Å²) in [6.07, 6.45) is 4.79. The summed E-state index contributed by atoms with van der Waals surface area (Å²) in [5.41, 5.74) is 0. The molecule has 0 aromatic rings. The maximum Gasteiger partial charge on any atom is 0.0819 e. The van der Waals surface area contributed by atoms with Gasteiger partial charge in [0, 0.05) is 26.1 Å². The van der Waals surface area contributed by atoms with Gasteiger partial charge < -0.3 is 14.2 Å². The molecule has 74 valence electrons. The van der Waals surface area contributed by atoms with Crippen LogP contribution in [0.4, 0.5) is 0 Å². The van der Waals surface area contributed by atoms with Crippen molar-refractivity contribution in [2.24, 2.45) is 11.8 Å². The van der Waals surface area contributed by atoms with Crippen molar-refractivity contribution in [2.75, 3.05) is 27.4 Å². The van der Waals surface area contributed by atoms with Crippen LogP contribution in [0.15, 0.2) is 12.2 Å². The first kappa shape index (κ1) is 9.19. The van der Waals surface area contributed by atoms with Gasteiger partial charge in [-0.15, -0.1) is 0 Å². The second kappa shape index (κ2) is 3.78. The first-order valence-corrected chi connectivity index (χ1v) is 4.68. The molecule has 2 rings (SSSR count). The van der Waals surface area contributed by atoms with Crippen LogP contribution in [0.3, 0.4) is 0 Å². The Balaban J connectivity index is 2.02. The van der Waals surface area contributed by atoms with Crippen LogP contribution in [0.1, 0.15) is 0 Å². The summed E-state index contributed by atoms with van der Waals surface area (Å²) in [7, 11) is 3.47. The maximum absolute atomic E-state index is 5.73. The second-order valence-electron chi connectivity index (χ2n) is 3.69. The first-order valence-electron chi connectivity index (χ1n) is 4.68. The Kier molecular flexibility index (Phi) is 2.67. The molecular formula is C10H16O3. The highest BCUT2D eigenvalue weighted by Gasteiger charge is 2.45. The van der Waals surface area contributed by atoms with E-state index in [4.69, 9.17) is 14.2 Å². The van der Waals surface area contributed by atoms with Crippen molar-refractivity contribution in [1.82, 2.24) is 0 Å². The summed E-state index contributed by atoms with van der Waals surface area (Å²) in [5, 5.41) is 0. The average Bonchev–Trinajstić information content (AvgIpc) is 2.69. The molecule has 0 spiro atoms. The topological polar surface area (TPSA) is 27.7 Å². The highest BCUT2D eigenvalue weighted by molar-refractivity contribution is 5.14. The van der Waals surface area contributed by atoms with Crippen LogP contribution in [0.2, 0.25) is 0 Å². The first-order chi connectivity index (χ1) is 6.36. The van der Waals surface area contributed by atoms with Gasteiger partial charge in [-0.1, -0.05) is 12.2 Å². The van der Waals surface area contributed by atoms with E-state index < -0.39 is 0 Å². The third kappa shape index (κ3) is 1.52. The average molecular weight is 184 g/mol. The lowest BCUT2D eigenvalue weighted by atomic mass is 9.84. The minimum Gasteiger partial charge on any atom is -0.384 e. The van der Waals surface area contributed by atoms with Gasteiger partial charge in [0.1, 0.15) is 0 Å². The molecule has 0 aliphatic carbocycles. The smallest absolute Gasteiger partial charge is 0.0819 e. The van der Waals surface area contributed by atoms with E-state index in [2.05, 4.69) is 12.2 Å². The summed E-state index contributed by atoms with van der Waals surface area (Å²) < 4.78 is 16.1. The van der Waals surface area contributed by atoms with Crippen molar-refractivity contribution < 1.29 is 14.2 Å². The molecule has 4 atom stereocenters. The zero-order valence-electron chi connectivity index (χ0n) is 8.10. The van der Waals surface area contributed by atoms with Gasteiger partial charge in [-0.25, -0.2) is 0 Å². The van der Waals surface area contributed by atoms with E-state index in [1.807, 2.05) is 0 Å². The van der Waals surface area contributed by atoms with Crippen molar-refractivity contribution >= 4 is 0 Å². The van der Waals surface area contributed by atoms with Crippen LogP contribution < -0.4 is 0 Å². The predicted molar refractivity (Wildman–Crippen MR) is 48.5 cm³/mol. The minimum atomic E-state index is 0.255. The molecule has 2 heterocycles. The normalized spacial score (nSPS) is 41.7. The van der Waals surface area contributed by atoms with Crippen molar-refractivity contribution in [3.8, 4) is 0 Å². The Morgan fingerprint density at radius 3 is 1.85 bits per heavy atom. The van der Waals surface area contributed by atoms with E-state index >= 15 is 0 Å². The monoisotopic (exact) mass is 184 g/mol. The number of fused-ring (bicyclic) bond motifs is 2. The third-order valence-electron chi connectivity index (χ3n) is 2.92. The summed E-state index contributed by atoms with van der Waals surface area (Å²) in [6, 6.07) is 0. The fourth-order valence-corrected chi connectivity index (χ4v) is 2.29. The molecule has 3 heteroatoms. The summed E-state index contributed by atoms with van der Waals surface area (Å²) >= 11 is 0. The fourth-order valence-electron chi connectivity index (χ4n) is 2.29. The molecule has 2 aliphatic heterocycles. The minimum absolute atomic E-state index is 0.255. The Labute approximate surface area is 78.7 Å². The van der Waals surface area contributed by atoms with Gasteiger partial charge in [0.25, 0.3) is 0 Å². The van der Waals surface area contributed by atoms with E-state index in [-0.39, 0.29) is 12.2 Å². The van der Waals surface area contributed by atoms with E-state index in [1.165, 1.54) is 0 Å². The lowest BCUT2D eigenvalue weighted by Crippen LogP contribution is -2.30. The zero-order chi connectivity index (χ0) is 9.26. The van der Waals surface area contributed by atoms with E-state index in [0.29, 0.717) is 11.8 Å². The lowest BCUT2D eigenvalue weighted by Gasteiger charge is -2.23. The van der Waals surface area contributed by atoms with Gasteiger partial charge in [0.2, 0.25) is 0 Å². The number of hydrogen-bond donors (Lipinski definition) is 0. The van der Waals surface area contributed by atoms with Crippen LogP contribution in [0.25, 0.3) is 0 Å². The molecule has 0 aromatic carbocycles. The van der Waals surface area contributed by atoms with Gasteiger partial charge in [-0.3, -0.25) is 0 Å². The molecule has 0 unspecified atom stereocenters. The maximum atomic E-state index is 5.73. The molecule has 1 fully saturated rings. The van der Waals surface area contributed by atoms with Crippen molar-refractivity contribution in [3.05, 3.63) is 12.2 Å². The Morgan fingerprint density at radius 2 is 1.46 bits per heavy atom. The molecule has 13 heavy (non-hydrogen) atoms. The molecule has 2 bridgehead atoms. The second-order valence-corrected chi connectivity index (χ2v) is 3.69. The number of rotatable bonds is 4. The van der Waals surface area contributed by atoms with E-state index in [1.54, 1.807) is 14.2 Å². The molecule has 0 amide bonds. The quantitative estimate of drug-likeness (QED) is 0.606. The highest BCUT2D eigenvalue weighted by atomic mass is 16.5. The Morgan fingerprint density at radius 1 is 1.00 bits per heavy atom.